The van der Waals surface area contributed by atoms with Gasteiger partial charge in [0.2, 0.25) is 0 Å². The van der Waals surface area contributed by atoms with Crippen LogP contribution in [-0.4, -0.2) is 38.8 Å². The van der Waals surface area contributed by atoms with Crippen LogP contribution in [0.3, 0.4) is 0 Å². The van der Waals surface area contributed by atoms with Crippen LogP contribution in [-0.2, 0) is 23.1 Å². The molecule has 0 aliphatic carbocycles. The summed E-state index contributed by atoms with van der Waals surface area (Å²) in [5, 5.41) is 12.0. The maximum atomic E-state index is 13.0. The number of hydrogen-bond donors (Lipinski definition) is 0. The standard InChI is InChI=1S/C20H16Cl2N4O9/c1-23-18(28)24(9-17(27)34-3)20(30)25(19(23)29)14-6-10(4-5-13(14)26(31)32)35-16-8-15(33-2)11(21)7-12(16)22/h4-8H,9H2,1-3H3. The minimum absolute atomic E-state index is 0.0588. The molecule has 0 aliphatic rings. The third-order valence-electron chi connectivity index (χ3n) is 4.75. The van der Waals surface area contributed by atoms with Crippen molar-refractivity contribution in [3.63, 3.8) is 0 Å². The maximum absolute atomic E-state index is 13.0. The normalized spacial score (nSPS) is 10.7. The fourth-order valence-corrected chi connectivity index (χ4v) is 3.50. The lowest BCUT2D eigenvalue weighted by Crippen LogP contribution is -2.53. The average Bonchev–Trinajstić information content (AvgIpc) is 2.82. The van der Waals surface area contributed by atoms with Gasteiger partial charge in [0.25, 0.3) is 5.69 Å². The van der Waals surface area contributed by atoms with Crippen LogP contribution in [0.1, 0.15) is 0 Å². The average molecular weight is 527 g/mol. The third kappa shape index (κ3) is 4.90. The van der Waals surface area contributed by atoms with Gasteiger partial charge in [-0.1, -0.05) is 23.2 Å². The Bertz CT molecular complexity index is 1520. The first kappa shape index (κ1) is 25.5. The van der Waals surface area contributed by atoms with E-state index in [0.29, 0.717) is 13.7 Å². The van der Waals surface area contributed by atoms with E-state index in [-0.39, 0.29) is 27.3 Å². The highest BCUT2D eigenvalue weighted by Gasteiger charge is 2.24. The number of nitrogens with zero attached hydrogens (tertiary/aromatic N) is 4. The highest BCUT2D eigenvalue weighted by Crippen LogP contribution is 2.38. The Morgan fingerprint density at radius 3 is 2.26 bits per heavy atom. The Balaban J connectivity index is 2.26. The highest BCUT2D eigenvalue weighted by molar-refractivity contribution is 6.36. The molecule has 0 saturated carbocycles. The zero-order valence-electron chi connectivity index (χ0n) is 18.3. The molecule has 2 aromatic carbocycles. The van der Waals surface area contributed by atoms with Gasteiger partial charge in [-0.05, 0) is 12.1 Å². The van der Waals surface area contributed by atoms with Crippen LogP contribution in [0.2, 0.25) is 10.0 Å². The summed E-state index contributed by atoms with van der Waals surface area (Å²) in [6, 6.07) is 5.96. The molecule has 0 fully saturated rings. The molecular formula is C20H16Cl2N4O9. The van der Waals surface area contributed by atoms with E-state index < -0.39 is 45.9 Å². The summed E-state index contributed by atoms with van der Waals surface area (Å²) in [6.07, 6.45) is 0. The minimum Gasteiger partial charge on any atom is -0.495 e. The van der Waals surface area contributed by atoms with Crippen LogP contribution in [0, 0.1) is 10.1 Å². The van der Waals surface area contributed by atoms with Gasteiger partial charge < -0.3 is 14.2 Å². The van der Waals surface area contributed by atoms with Crippen molar-refractivity contribution in [2.24, 2.45) is 7.05 Å². The van der Waals surface area contributed by atoms with E-state index in [4.69, 9.17) is 32.7 Å². The molecule has 0 amide bonds. The minimum atomic E-state index is -1.30. The van der Waals surface area contributed by atoms with Gasteiger partial charge in [-0.3, -0.25) is 14.9 Å². The lowest BCUT2D eigenvalue weighted by molar-refractivity contribution is -0.384. The molecule has 0 unspecified atom stereocenters. The summed E-state index contributed by atoms with van der Waals surface area (Å²) in [7, 11) is 3.45. The molecule has 0 aliphatic heterocycles. The molecular weight excluding hydrogens is 511 g/mol. The number of halogens is 2. The van der Waals surface area contributed by atoms with Crippen LogP contribution in [0.25, 0.3) is 5.69 Å². The Labute approximate surface area is 205 Å². The lowest BCUT2D eigenvalue weighted by atomic mass is 10.2. The summed E-state index contributed by atoms with van der Waals surface area (Å²) >= 11 is 12.2. The number of nitro groups is 1. The van der Waals surface area contributed by atoms with Crippen molar-refractivity contribution >= 4 is 34.9 Å². The van der Waals surface area contributed by atoms with Crippen LogP contribution in [0.5, 0.6) is 17.2 Å². The Hall–Kier alpha value is -4.10. The number of carbonyl (C=O) groups excluding carboxylic acids is 1. The summed E-state index contributed by atoms with van der Waals surface area (Å²) in [4.78, 5) is 60.8. The summed E-state index contributed by atoms with van der Waals surface area (Å²) in [6.45, 7) is -0.827. The molecule has 0 N–H and O–H groups in total. The number of ether oxygens (including phenoxy) is 3. The highest BCUT2D eigenvalue weighted by atomic mass is 35.5. The quantitative estimate of drug-likeness (QED) is 0.255. The van der Waals surface area contributed by atoms with Crippen molar-refractivity contribution in [2.45, 2.75) is 6.54 Å². The van der Waals surface area contributed by atoms with E-state index in [2.05, 4.69) is 4.74 Å². The third-order valence-corrected chi connectivity index (χ3v) is 5.34. The van der Waals surface area contributed by atoms with Crippen LogP contribution >= 0.6 is 23.2 Å². The van der Waals surface area contributed by atoms with Gasteiger partial charge in [0.1, 0.15) is 29.5 Å². The van der Waals surface area contributed by atoms with Crippen LogP contribution in [0.15, 0.2) is 44.7 Å². The number of hydrogen-bond acceptors (Lipinski definition) is 9. The summed E-state index contributed by atoms with van der Waals surface area (Å²) in [5.41, 5.74) is -4.77. The van der Waals surface area contributed by atoms with Crippen molar-refractivity contribution in [3.05, 3.63) is 81.9 Å². The lowest BCUT2D eigenvalue weighted by Gasteiger charge is -2.14. The zero-order valence-corrected chi connectivity index (χ0v) is 19.8. The predicted octanol–water partition coefficient (Wildman–Crippen LogP) is 1.89. The number of nitro benzene ring substituents is 1. The number of esters is 1. The molecule has 35 heavy (non-hydrogen) atoms. The SMILES string of the molecule is COC(=O)Cn1c(=O)n(C)c(=O)n(-c2cc(Oc3cc(OC)c(Cl)cc3Cl)ccc2[N+](=O)[O-])c1=O. The van der Waals surface area contributed by atoms with E-state index in [0.717, 1.165) is 26.3 Å². The van der Waals surface area contributed by atoms with Gasteiger partial charge in [0.05, 0.1) is 29.2 Å². The van der Waals surface area contributed by atoms with Crippen LogP contribution < -0.4 is 26.5 Å². The van der Waals surface area contributed by atoms with Crippen molar-refractivity contribution in [3.8, 4) is 22.9 Å². The number of rotatable bonds is 7. The molecule has 0 spiro atoms. The first-order valence-corrected chi connectivity index (χ1v) is 10.2. The fraction of sp³-hybridized carbons (Fsp3) is 0.200. The van der Waals surface area contributed by atoms with Crippen molar-refractivity contribution in [1.82, 2.24) is 13.7 Å². The molecule has 3 aromatic rings. The number of benzene rings is 2. The first-order valence-electron chi connectivity index (χ1n) is 9.49. The maximum Gasteiger partial charge on any atom is 0.341 e. The fourth-order valence-electron chi connectivity index (χ4n) is 3.00. The van der Waals surface area contributed by atoms with Gasteiger partial charge in [-0.15, -0.1) is 0 Å². The Morgan fingerprint density at radius 2 is 1.66 bits per heavy atom. The monoisotopic (exact) mass is 526 g/mol. The van der Waals surface area contributed by atoms with E-state index in [1.165, 1.54) is 25.3 Å². The Morgan fingerprint density at radius 1 is 1.00 bits per heavy atom. The van der Waals surface area contributed by atoms with Crippen molar-refractivity contribution in [2.75, 3.05) is 14.2 Å². The van der Waals surface area contributed by atoms with E-state index in [1.807, 2.05) is 0 Å². The molecule has 0 radical (unpaired) electrons. The number of carbonyl (C=O) groups is 1. The van der Waals surface area contributed by atoms with Gasteiger partial charge in [-0.25, -0.2) is 28.1 Å². The van der Waals surface area contributed by atoms with E-state index in [9.17, 15) is 29.3 Å². The number of aromatic nitrogens is 3. The van der Waals surface area contributed by atoms with E-state index in [1.54, 1.807) is 0 Å². The molecule has 15 heteroatoms. The zero-order chi connectivity index (χ0) is 26.0. The molecule has 0 saturated heterocycles. The molecule has 184 valence electrons. The Kier molecular flexibility index (Phi) is 7.31. The molecule has 1 aromatic heterocycles. The second-order valence-electron chi connectivity index (χ2n) is 6.83. The summed E-state index contributed by atoms with van der Waals surface area (Å²) in [5.74, 6) is -0.722. The first-order chi connectivity index (χ1) is 16.5. The van der Waals surface area contributed by atoms with Crippen LogP contribution in [0.4, 0.5) is 5.69 Å². The van der Waals surface area contributed by atoms with E-state index >= 15 is 0 Å². The number of methoxy groups -OCH3 is 2. The molecule has 3 rings (SSSR count). The van der Waals surface area contributed by atoms with Crippen molar-refractivity contribution in [1.29, 1.82) is 0 Å². The van der Waals surface area contributed by atoms with Crippen molar-refractivity contribution < 1.29 is 23.9 Å². The largest absolute Gasteiger partial charge is 0.495 e. The molecule has 1 heterocycles. The van der Waals surface area contributed by atoms with Gasteiger partial charge in [0, 0.05) is 25.2 Å². The summed E-state index contributed by atoms with van der Waals surface area (Å²) < 4.78 is 16.6. The van der Waals surface area contributed by atoms with Gasteiger partial charge >= 0.3 is 23.0 Å². The second kappa shape index (κ2) is 10.0. The smallest absolute Gasteiger partial charge is 0.341 e. The topological polar surface area (TPSA) is 154 Å². The predicted molar refractivity (Wildman–Crippen MR) is 123 cm³/mol. The van der Waals surface area contributed by atoms with Gasteiger partial charge in [0.15, 0.2) is 0 Å². The molecule has 0 atom stereocenters. The molecule has 13 nitrogen and oxygen atoms in total. The second-order valence-corrected chi connectivity index (χ2v) is 7.65. The molecule has 0 bridgehead atoms. The van der Waals surface area contributed by atoms with Gasteiger partial charge in [-0.2, -0.15) is 0 Å².